The molecular weight excluding hydrogens is 325 g/mol. The highest BCUT2D eigenvalue weighted by Gasteiger charge is 2.42. The fourth-order valence-electron chi connectivity index (χ4n) is 2.92. The van der Waals surface area contributed by atoms with Crippen LogP contribution in [0, 0.1) is 5.82 Å². The summed E-state index contributed by atoms with van der Waals surface area (Å²) in [6, 6.07) is 3.73. The lowest BCUT2D eigenvalue weighted by atomic mass is 10.1. The summed E-state index contributed by atoms with van der Waals surface area (Å²) in [6.07, 6.45) is 0.956. The van der Waals surface area contributed by atoms with Crippen LogP contribution in [0.4, 0.5) is 4.39 Å². The first kappa shape index (κ1) is 16.6. The Balaban J connectivity index is 1.75. The maximum Gasteiger partial charge on any atom is 0.243 e. The third-order valence-corrected chi connectivity index (χ3v) is 6.03. The minimum Gasteiger partial charge on any atom is -0.491 e. The fraction of sp³-hybridized carbons (Fsp3) is 0.600. The van der Waals surface area contributed by atoms with Crippen molar-refractivity contribution in [3.05, 3.63) is 24.0 Å². The molecular formula is C15H20FNO5S. The predicted octanol–water partition coefficient (Wildman–Crippen LogP) is 1.75. The molecule has 2 saturated heterocycles. The molecule has 8 heteroatoms. The largest absolute Gasteiger partial charge is 0.491 e. The second-order valence-electron chi connectivity index (χ2n) is 5.54. The molecule has 2 fully saturated rings. The molecule has 6 nitrogen and oxygen atoms in total. The maximum absolute atomic E-state index is 13.9. The molecule has 0 N–H and O–H groups in total. The summed E-state index contributed by atoms with van der Waals surface area (Å²) >= 11 is 0. The molecule has 3 rings (SSSR count). The van der Waals surface area contributed by atoms with E-state index in [1.807, 2.05) is 0 Å². The number of hydrogen-bond donors (Lipinski definition) is 0. The summed E-state index contributed by atoms with van der Waals surface area (Å²) in [6.45, 7) is 3.71. The summed E-state index contributed by atoms with van der Waals surface area (Å²) in [5, 5.41) is 0. The number of halogens is 1. The van der Waals surface area contributed by atoms with Gasteiger partial charge in [-0.2, -0.15) is 4.31 Å². The van der Waals surface area contributed by atoms with Gasteiger partial charge in [0.05, 0.1) is 24.7 Å². The minimum absolute atomic E-state index is 0.0526. The van der Waals surface area contributed by atoms with Crippen LogP contribution in [0.1, 0.15) is 19.8 Å². The molecule has 0 bridgehead atoms. The highest BCUT2D eigenvalue weighted by Crippen LogP contribution is 2.33. The zero-order valence-electron chi connectivity index (χ0n) is 13.0. The van der Waals surface area contributed by atoms with Crippen LogP contribution in [0.3, 0.4) is 0 Å². The van der Waals surface area contributed by atoms with Crippen LogP contribution in [0.15, 0.2) is 23.1 Å². The van der Waals surface area contributed by atoms with E-state index in [2.05, 4.69) is 0 Å². The normalized spacial score (nSPS) is 21.7. The van der Waals surface area contributed by atoms with Gasteiger partial charge < -0.3 is 14.2 Å². The molecule has 0 saturated carbocycles. The smallest absolute Gasteiger partial charge is 0.243 e. The molecule has 2 aliphatic heterocycles. The summed E-state index contributed by atoms with van der Waals surface area (Å²) in [5.41, 5.74) is 0. The van der Waals surface area contributed by atoms with E-state index in [1.165, 1.54) is 16.4 Å². The predicted molar refractivity (Wildman–Crippen MR) is 80.2 cm³/mol. The van der Waals surface area contributed by atoms with Crippen LogP contribution >= 0.6 is 0 Å². The molecule has 0 aromatic heterocycles. The number of ether oxygens (including phenoxy) is 3. The first-order chi connectivity index (χ1) is 11.0. The molecule has 2 heterocycles. The lowest BCUT2D eigenvalue weighted by Gasteiger charge is -2.36. The SMILES string of the molecule is CCOc1ccc(S(=O)(=O)N2CCC3(CC2)OCCO3)cc1F. The number of rotatable bonds is 4. The van der Waals surface area contributed by atoms with Crippen molar-refractivity contribution in [3.8, 4) is 5.75 Å². The first-order valence-electron chi connectivity index (χ1n) is 7.67. The van der Waals surface area contributed by atoms with E-state index in [0.29, 0.717) is 32.7 Å². The lowest BCUT2D eigenvalue weighted by molar-refractivity contribution is -0.179. The van der Waals surface area contributed by atoms with Crippen LogP contribution in [-0.4, -0.2) is 51.4 Å². The van der Waals surface area contributed by atoms with E-state index in [0.717, 1.165) is 6.07 Å². The Morgan fingerprint density at radius 3 is 2.48 bits per heavy atom. The minimum atomic E-state index is -3.74. The second-order valence-corrected chi connectivity index (χ2v) is 7.47. The molecule has 0 radical (unpaired) electrons. The van der Waals surface area contributed by atoms with Crippen molar-refractivity contribution in [2.75, 3.05) is 32.9 Å². The third-order valence-electron chi connectivity index (χ3n) is 4.14. The lowest BCUT2D eigenvalue weighted by Crippen LogP contribution is -2.47. The quantitative estimate of drug-likeness (QED) is 0.832. The number of sulfonamides is 1. The van der Waals surface area contributed by atoms with Gasteiger partial charge in [0, 0.05) is 25.9 Å². The van der Waals surface area contributed by atoms with Crippen molar-refractivity contribution >= 4 is 10.0 Å². The Labute approximate surface area is 135 Å². The Morgan fingerprint density at radius 2 is 1.91 bits per heavy atom. The summed E-state index contributed by atoms with van der Waals surface area (Å²) < 4.78 is 56.8. The van der Waals surface area contributed by atoms with Crippen LogP contribution < -0.4 is 4.74 Å². The molecule has 2 aliphatic rings. The number of nitrogens with zero attached hydrogens (tertiary/aromatic N) is 1. The van der Waals surface area contributed by atoms with Crippen molar-refractivity contribution in [1.82, 2.24) is 4.31 Å². The Hall–Kier alpha value is -1.22. The van der Waals surface area contributed by atoms with Crippen LogP contribution in [0.5, 0.6) is 5.75 Å². The second kappa shape index (κ2) is 6.35. The highest BCUT2D eigenvalue weighted by molar-refractivity contribution is 7.89. The van der Waals surface area contributed by atoms with Crippen molar-refractivity contribution in [2.24, 2.45) is 0 Å². The van der Waals surface area contributed by atoms with Gasteiger partial charge in [-0.25, -0.2) is 12.8 Å². The molecule has 1 aromatic rings. The Morgan fingerprint density at radius 1 is 1.26 bits per heavy atom. The third kappa shape index (κ3) is 3.21. The Bertz CT molecular complexity index is 662. The zero-order chi connectivity index (χ0) is 16.5. The first-order valence-corrected chi connectivity index (χ1v) is 9.11. The van der Waals surface area contributed by atoms with Gasteiger partial charge in [0.1, 0.15) is 0 Å². The van der Waals surface area contributed by atoms with E-state index in [1.54, 1.807) is 6.92 Å². The number of hydrogen-bond acceptors (Lipinski definition) is 5. The molecule has 23 heavy (non-hydrogen) atoms. The van der Waals surface area contributed by atoms with Crippen LogP contribution in [-0.2, 0) is 19.5 Å². The van der Waals surface area contributed by atoms with Gasteiger partial charge in [-0.15, -0.1) is 0 Å². The van der Waals surface area contributed by atoms with Crippen LogP contribution in [0.2, 0.25) is 0 Å². The molecule has 0 unspecified atom stereocenters. The van der Waals surface area contributed by atoms with Gasteiger partial charge in [0.25, 0.3) is 0 Å². The number of piperidine rings is 1. The van der Waals surface area contributed by atoms with Gasteiger partial charge in [-0.1, -0.05) is 0 Å². The summed E-state index contributed by atoms with van der Waals surface area (Å²) in [5.74, 6) is -1.27. The monoisotopic (exact) mass is 345 g/mol. The van der Waals surface area contributed by atoms with Gasteiger partial charge in [-0.3, -0.25) is 0 Å². The molecule has 1 spiro atoms. The maximum atomic E-state index is 13.9. The van der Waals surface area contributed by atoms with Crippen molar-refractivity contribution in [2.45, 2.75) is 30.4 Å². The number of benzene rings is 1. The molecule has 1 aromatic carbocycles. The van der Waals surface area contributed by atoms with E-state index in [-0.39, 0.29) is 23.7 Å². The fourth-order valence-corrected chi connectivity index (χ4v) is 4.37. The van der Waals surface area contributed by atoms with Crippen LogP contribution in [0.25, 0.3) is 0 Å². The van der Waals surface area contributed by atoms with E-state index in [9.17, 15) is 12.8 Å². The van der Waals surface area contributed by atoms with Gasteiger partial charge in [0.15, 0.2) is 17.4 Å². The molecule has 0 aliphatic carbocycles. The average molecular weight is 345 g/mol. The van der Waals surface area contributed by atoms with E-state index >= 15 is 0 Å². The van der Waals surface area contributed by atoms with E-state index in [4.69, 9.17) is 14.2 Å². The highest BCUT2D eigenvalue weighted by atomic mass is 32.2. The average Bonchev–Trinajstić information content (AvgIpc) is 2.98. The van der Waals surface area contributed by atoms with Gasteiger partial charge in [-0.05, 0) is 25.1 Å². The standard InChI is InChI=1S/C15H20FNO5S/c1-2-20-14-4-3-12(11-13(14)16)23(18,19)17-7-5-15(6-8-17)21-9-10-22-15/h3-4,11H,2,5-10H2,1H3. The zero-order valence-corrected chi connectivity index (χ0v) is 13.8. The topological polar surface area (TPSA) is 65.1 Å². The molecule has 0 amide bonds. The van der Waals surface area contributed by atoms with Crippen molar-refractivity contribution < 1.29 is 27.0 Å². The van der Waals surface area contributed by atoms with Gasteiger partial charge >= 0.3 is 0 Å². The van der Waals surface area contributed by atoms with Crippen molar-refractivity contribution in [1.29, 1.82) is 0 Å². The molecule has 128 valence electrons. The summed E-state index contributed by atoms with van der Waals surface area (Å²) in [7, 11) is -3.74. The summed E-state index contributed by atoms with van der Waals surface area (Å²) in [4.78, 5) is -0.0670. The Kier molecular flexibility index (Phi) is 4.59. The molecule has 0 atom stereocenters. The van der Waals surface area contributed by atoms with E-state index < -0.39 is 21.6 Å². The van der Waals surface area contributed by atoms with Crippen molar-refractivity contribution in [3.63, 3.8) is 0 Å². The van der Waals surface area contributed by atoms with Gasteiger partial charge in [0.2, 0.25) is 10.0 Å².